The van der Waals surface area contributed by atoms with Crippen molar-refractivity contribution >= 4 is 22.9 Å². The molecule has 0 atom stereocenters. The van der Waals surface area contributed by atoms with Crippen LogP contribution in [0.4, 0.5) is 10.1 Å². The summed E-state index contributed by atoms with van der Waals surface area (Å²) in [6, 6.07) is 9.11. The van der Waals surface area contributed by atoms with Gasteiger partial charge in [-0.25, -0.2) is 4.39 Å². The first-order valence-corrected chi connectivity index (χ1v) is 8.10. The Morgan fingerprint density at radius 3 is 2.76 bits per heavy atom. The highest BCUT2D eigenvalue weighted by atomic mass is 32.1. The number of nitrogens with one attached hydrogen (secondary N) is 1. The summed E-state index contributed by atoms with van der Waals surface area (Å²) in [5.41, 5.74) is 1.61. The first kappa shape index (κ1) is 15.3. The lowest BCUT2D eigenvalue weighted by atomic mass is 10.2. The molecule has 6 nitrogen and oxygen atoms in total. The number of hydrogen-bond acceptors (Lipinski definition) is 6. The maximum absolute atomic E-state index is 13.0. The zero-order chi connectivity index (χ0) is 17.2. The van der Waals surface area contributed by atoms with Crippen LogP contribution in [-0.4, -0.2) is 16.0 Å². The Kier molecular flexibility index (Phi) is 3.87. The average molecular weight is 355 g/mol. The second-order valence-corrected chi connectivity index (χ2v) is 5.98. The molecule has 0 aliphatic carbocycles. The van der Waals surface area contributed by atoms with Crippen LogP contribution in [0, 0.1) is 5.82 Å². The standard InChI is InChI=1S/C17H10FN3O3S/c18-12-3-1-10(2-4-12)15-20-17(24-21-15)14-13(6-8-25-14)19-16(22)11-5-7-23-9-11/h1-9H,(H,19,22). The van der Waals surface area contributed by atoms with Crippen LogP contribution >= 0.6 is 11.3 Å². The molecule has 0 spiro atoms. The quantitative estimate of drug-likeness (QED) is 0.585. The minimum atomic E-state index is -0.338. The largest absolute Gasteiger partial charge is 0.472 e. The van der Waals surface area contributed by atoms with Gasteiger partial charge in [0, 0.05) is 5.56 Å². The highest BCUT2D eigenvalue weighted by Crippen LogP contribution is 2.34. The summed E-state index contributed by atoms with van der Waals surface area (Å²) < 4.78 is 23.2. The van der Waals surface area contributed by atoms with E-state index in [2.05, 4.69) is 15.5 Å². The first-order valence-electron chi connectivity index (χ1n) is 7.22. The van der Waals surface area contributed by atoms with Crippen molar-refractivity contribution in [1.29, 1.82) is 0 Å². The van der Waals surface area contributed by atoms with Crippen molar-refractivity contribution in [2.24, 2.45) is 0 Å². The number of amides is 1. The van der Waals surface area contributed by atoms with Crippen LogP contribution in [-0.2, 0) is 0 Å². The van der Waals surface area contributed by atoms with Crippen LogP contribution in [0.25, 0.3) is 22.2 Å². The minimum Gasteiger partial charge on any atom is -0.472 e. The molecule has 3 heterocycles. The van der Waals surface area contributed by atoms with Crippen molar-refractivity contribution in [2.75, 3.05) is 5.32 Å². The predicted octanol–water partition coefficient (Wildman–Crippen LogP) is 4.45. The van der Waals surface area contributed by atoms with Gasteiger partial charge in [-0.15, -0.1) is 11.3 Å². The molecule has 0 saturated heterocycles. The van der Waals surface area contributed by atoms with E-state index in [1.165, 1.54) is 36.0 Å². The molecule has 1 N–H and O–H groups in total. The maximum Gasteiger partial charge on any atom is 0.270 e. The van der Waals surface area contributed by atoms with E-state index in [0.717, 1.165) is 0 Å². The minimum absolute atomic E-state index is 0.275. The van der Waals surface area contributed by atoms with Gasteiger partial charge in [0.2, 0.25) is 5.82 Å². The topological polar surface area (TPSA) is 81.2 Å². The number of benzene rings is 1. The number of rotatable bonds is 4. The number of aromatic nitrogens is 2. The van der Waals surface area contributed by atoms with Gasteiger partial charge >= 0.3 is 0 Å². The van der Waals surface area contributed by atoms with Gasteiger partial charge in [0.25, 0.3) is 11.8 Å². The van der Waals surface area contributed by atoms with Gasteiger partial charge in [0.15, 0.2) is 0 Å². The molecule has 25 heavy (non-hydrogen) atoms. The molecule has 124 valence electrons. The number of anilines is 1. The summed E-state index contributed by atoms with van der Waals surface area (Å²) in [6.45, 7) is 0. The third kappa shape index (κ3) is 3.07. The number of thiophene rings is 1. The van der Waals surface area contributed by atoms with Crippen LogP contribution in [0.5, 0.6) is 0 Å². The monoisotopic (exact) mass is 355 g/mol. The van der Waals surface area contributed by atoms with Crippen LogP contribution in [0.1, 0.15) is 10.4 Å². The Labute approximate surface area is 144 Å². The van der Waals surface area contributed by atoms with Gasteiger partial charge in [0.1, 0.15) is 17.0 Å². The highest BCUT2D eigenvalue weighted by molar-refractivity contribution is 7.14. The summed E-state index contributed by atoms with van der Waals surface area (Å²) in [7, 11) is 0. The molecule has 1 amide bonds. The second kappa shape index (κ2) is 6.33. The molecule has 4 rings (SSSR count). The Balaban J connectivity index is 1.60. The maximum atomic E-state index is 13.0. The van der Waals surface area contributed by atoms with Gasteiger partial charge in [0.05, 0.1) is 17.5 Å². The van der Waals surface area contributed by atoms with E-state index in [9.17, 15) is 9.18 Å². The van der Waals surface area contributed by atoms with Crippen molar-refractivity contribution in [3.05, 3.63) is 65.7 Å². The van der Waals surface area contributed by atoms with Crippen LogP contribution in [0.2, 0.25) is 0 Å². The summed E-state index contributed by atoms with van der Waals surface area (Å²) in [5.74, 6) is -0.0195. The van der Waals surface area contributed by atoms with Gasteiger partial charge in [-0.1, -0.05) is 5.16 Å². The van der Waals surface area contributed by atoms with Gasteiger partial charge in [-0.05, 0) is 41.8 Å². The van der Waals surface area contributed by atoms with E-state index in [4.69, 9.17) is 8.94 Å². The predicted molar refractivity (Wildman–Crippen MR) is 89.7 cm³/mol. The fourth-order valence-corrected chi connectivity index (χ4v) is 2.96. The molecule has 0 aliphatic heterocycles. The molecule has 0 unspecified atom stereocenters. The van der Waals surface area contributed by atoms with Crippen molar-refractivity contribution in [3.63, 3.8) is 0 Å². The SMILES string of the molecule is O=C(Nc1ccsc1-c1nc(-c2ccc(F)cc2)no1)c1ccoc1. The zero-order valence-corrected chi connectivity index (χ0v) is 13.4. The fraction of sp³-hybridized carbons (Fsp3) is 0. The normalized spacial score (nSPS) is 10.8. The van der Waals surface area contributed by atoms with Crippen LogP contribution in [0.3, 0.4) is 0 Å². The van der Waals surface area contributed by atoms with Crippen molar-refractivity contribution in [2.45, 2.75) is 0 Å². The first-order chi connectivity index (χ1) is 12.2. The summed E-state index contributed by atoms with van der Waals surface area (Å²) in [5, 5.41) is 8.50. The molecule has 3 aromatic heterocycles. The van der Waals surface area contributed by atoms with Gasteiger partial charge in [-0.2, -0.15) is 4.98 Å². The summed E-state index contributed by atoms with van der Waals surface area (Å²) in [6.07, 6.45) is 2.79. The molecule has 0 radical (unpaired) electrons. The number of halogens is 1. The fourth-order valence-electron chi connectivity index (χ4n) is 2.19. The Hall–Kier alpha value is -3.26. The molecular formula is C17H10FN3O3S. The molecular weight excluding hydrogens is 345 g/mol. The lowest BCUT2D eigenvalue weighted by molar-refractivity contribution is 0.102. The molecule has 8 heteroatoms. The van der Waals surface area contributed by atoms with Gasteiger partial charge in [-0.3, -0.25) is 4.79 Å². The zero-order valence-electron chi connectivity index (χ0n) is 12.6. The summed E-state index contributed by atoms with van der Waals surface area (Å²) >= 11 is 1.36. The molecule has 0 fully saturated rings. The number of hydrogen-bond donors (Lipinski definition) is 1. The molecule has 0 saturated carbocycles. The van der Waals surface area contributed by atoms with Crippen LogP contribution in [0.15, 0.2) is 63.2 Å². The lowest BCUT2D eigenvalue weighted by Gasteiger charge is -2.02. The number of nitrogens with zero attached hydrogens (tertiary/aromatic N) is 2. The second-order valence-electron chi connectivity index (χ2n) is 5.06. The van der Waals surface area contributed by atoms with Crippen LogP contribution < -0.4 is 5.32 Å². The number of carbonyl (C=O) groups excluding carboxylic acids is 1. The lowest BCUT2D eigenvalue weighted by Crippen LogP contribution is -2.10. The molecule has 0 aliphatic rings. The summed E-state index contributed by atoms with van der Waals surface area (Å²) in [4.78, 5) is 17.1. The molecule has 0 bridgehead atoms. The van der Waals surface area contributed by atoms with Crippen molar-refractivity contribution in [3.8, 4) is 22.2 Å². The highest BCUT2D eigenvalue weighted by Gasteiger charge is 2.18. The third-order valence-corrected chi connectivity index (χ3v) is 4.32. The number of furan rings is 1. The average Bonchev–Trinajstić information content (AvgIpc) is 3.36. The van der Waals surface area contributed by atoms with E-state index in [1.54, 1.807) is 24.3 Å². The Morgan fingerprint density at radius 2 is 2.00 bits per heavy atom. The Bertz CT molecular complexity index is 1010. The van der Waals surface area contributed by atoms with E-state index in [0.29, 0.717) is 27.5 Å². The molecule has 4 aromatic rings. The smallest absolute Gasteiger partial charge is 0.270 e. The van der Waals surface area contributed by atoms with E-state index >= 15 is 0 Å². The van der Waals surface area contributed by atoms with E-state index < -0.39 is 0 Å². The number of carbonyl (C=O) groups is 1. The van der Waals surface area contributed by atoms with E-state index in [-0.39, 0.29) is 17.6 Å². The Morgan fingerprint density at radius 1 is 1.16 bits per heavy atom. The van der Waals surface area contributed by atoms with Crippen molar-refractivity contribution < 1.29 is 18.1 Å². The van der Waals surface area contributed by atoms with Gasteiger partial charge < -0.3 is 14.3 Å². The molecule has 1 aromatic carbocycles. The third-order valence-electron chi connectivity index (χ3n) is 3.42. The van der Waals surface area contributed by atoms with E-state index in [1.807, 2.05) is 5.38 Å². The van der Waals surface area contributed by atoms with Crippen molar-refractivity contribution in [1.82, 2.24) is 10.1 Å².